The highest BCUT2D eigenvalue weighted by molar-refractivity contribution is 5.69. The summed E-state index contributed by atoms with van der Waals surface area (Å²) in [5.74, 6) is 1.80. The van der Waals surface area contributed by atoms with Crippen LogP contribution in [0.1, 0.15) is 45.4 Å². The summed E-state index contributed by atoms with van der Waals surface area (Å²) in [5.41, 5.74) is 0. The van der Waals surface area contributed by atoms with Crippen molar-refractivity contribution < 1.29 is 9.90 Å². The Bertz CT molecular complexity index is 259. The first-order valence-electron chi connectivity index (χ1n) is 7.16. The number of carbonyl (C=O) groups is 1. The van der Waals surface area contributed by atoms with E-state index in [0.717, 1.165) is 50.0 Å². The van der Waals surface area contributed by atoms with Crippen molar-refractivity contribution >= 4 is 5.97 Å². The van der Waals surface area contributed by atoms with Crippen LogP contribution in [0.5, 0.6) is 0 Å². The van der Waals surface area contributed by atoms with Gasteiger partial charge in [0.05, 0.1) is 5.92 Å². The predicted octanol–water partition coefficient (Wildman–Crippen LogP) is 2.51. The Morgan fingerprint density at radius 2 is 1.94 bits per heavy atom. The maximum Gasteiger partial charge on any atom is 0.306 e. The van der Waals surface area contributed by atoms with Gasteiger partial charge in [0.2, 0.25) is 0 Å². The normalized spacial score (nSPS) is 38.9. The lowest BCUT2D eigenvalue weighted by atomic mass is 9.68. The molecule has 0 spiro atoms. The molecule has 2 N–H and O–H groups in total. The molecular weight excluding hydrogens is 214 g/mol. The summed E-state index contributed by atoms with van der Waals surface area (Å²) in [5, 5.41) is 12.5. The number of carboxylic acid groups (broad SMARTS) is 1. The first kappa shape index (κ1) is 12.9. The van der Waals surface area contributed by atoms with Crippen LogP contribution in [0.3, 0.4) is 0 Å². The first-order valence-corrected chi connectivity index (χ1v) is 7.16. The Morgan fingerprint density at radius 1 is 1.24 bits per heavy atom. The highest BCUT2D eigenvalue weighted by atomic mass is 16.4. The van der Waals surface area contributed by atoms with Crippen LogP contribution in [0.25, 0.3) is 0 Å². The fourth-order valence-electron chi connectivity index (χ4n) is 3.81. The highest BCUT2D eigenvalue weighted by Gasteiger charge is 2.34. The Balaban J connectivity index is 1.88. The van der Waals surface area contributed by atoms with Gasteiger partial charge in [-0.2, -0.15) is 0 Å². The van der Waals surface area contributed by atoms with E-state index in [1.807, 2.05) is 0 Å². The van der Waals surface area contributed by atoms with Gasteiger partial charge in [0.1, 0.15) is 0 Å². The van der Waals surface area contributed by atoms with Gasteiger partial charge in [0, 0.05) is 0 Å². The molecule has 98 valence electrons. The van der Waals surface area contributed by atoms with E-state index < -0.39 is 5.97 Å². The van der Waals surface area contributed by atoms with Gasteiger partial charge in [-0.25, -0.2) is 0 Å². The lowest BCUT2D eigenvalue weighted by Crippen LogP contribution is -2.40. The number of piperidine rings is 1. The molecule has 17 heavy (non-hydrogen) atoms. The fourth-order valence-corrected chi connectivity index (χ4v) is 3.81. The maximum atomic E-state index is 10.9. The molecule has 1 aliphatic heterocycles. The third-order valence-corrected chi connectivity index (χ3v) is 4.92. The number of hydrogen-bond acceptors (Lipinski definition) is 2. The minimum Gasteiger partial charge on any atom is -0.481 e. The van der Waals surface area contributed by atoms with Crippen LogP contribution >= 0.6 is 0 Å². The molecule has 2 atom stereocenters. The van der Waals surface area contributed by atoms with Crippen LogP contribution in [-0.2, 0) is 4.79 Å². The fraction of sp³-hybridized carbons (Fsp3) is 0.929. The molecule has 0 bridgehead atoms. The summed E-state index contributed by atoms with van der Waals surface area (Å²) >= 11 is 0. The van der Waals surface area contributed by atoms with E-state index in [4.69, 9.17) is 5.11 Å². The summed E-state index contributed by atoms with van der Waals surface area (Å²) in [6.45, 7) is 4.60. The van der Waals surface area contributed by atoms with Gasteiger partial charge in [0.15, 0.2) is 0 Å². The zero-order chi connectivity index (χ0) is 12.3. The smallest absolute Gasteiger partial charge is 0.306 e. The van der Waals surface area contributed by atoms with E-state index in [0.29, 0.717) is 0 Å². The van der Waals surface area contributed by atoms with Crippen LogP contribution in [0.2, 0.25) is 0 Å². The van der Waals surface area contributed by atoms with E-state index in [-0.39, 0.29) is 5.92 Å². The van der Waals surface area contributed by atoms with Crippen LogP contribution in [0.15, 0.2) is 0 Å². The average molecular weight is 239 g/mol. The quantitative estimate of drug-likeness (QED) is 0.795. The van der Waals surface area contributed by atoms with Gasteiger partial charge in [-0.15, -0.1) is 0 Å². The number of hydrogen-bond donors (Lipinski definition) is 2. The largest absolute Gasteiger partial charge is 0.481 e. The molecular formula is C14H25NO2. The van der Waals surface area contributed by atoms with Crippen LogP contribution in [0.4, 0.5) is 0 Å². The van der Waals surface area contributed by atoms with Crippen molar-refractivity contribution in [1.82, 2.24) is 5.32 Å². The number of rotatable bonds is 3. The summed E-state index contributed by atoms with van der Waals surface area (Å²) in [6.07, 6.45) is 6.63. The van der Waals surface area contributed by atoms with Crippen LogP contribution in [-0.4, -0.2) is 24.2 Å². The van der Waals surface area contributed by atoms with Crippen molar-refractivity contribution in [2.45, 2.75) is 45.4 Å². The first-order chi connectivity index (χ1) is 8.22. The zero-order valence-electron chi connectivity index (χ0n) is 10.8. The molecule has 1 saturated carbocycles. The molecule has 2 unspecified atom stereocenters. The lowest BCUT2D eigenvalue weighted by Gasteiger charge is -2.40. The highest BCUT2D eigenvalue weighted by Crippen LogP contribution is 2.39. The van der Waals surface area contributed by atoms with Crippen molar-refractivity contribution in [2.75, 3.05) is 13.1 Å². The molecule has 0 aromatic rings. The second kappa shape index (κ2) is 5.85. The van der Waals surface area contributed by atoms with Gasteiger partial charge in [0.25, 0.3) is 0 Å². The lowest BCUT2D eigenvalue weighted by molar-refractivity contribution is -0.143. The SMILES string of the molecule is CCC1CNCCC1C1CCC(C(=O)O)CC1. The van der Waals surface area contributed by atoms with Crippen molar-refractivity contribution in [2.24, 2.45) is 23.7 Å². The Kier molecular flexibility index (Phi) is 4.43. The summed E-state index contributed by atoms with van der Waals surface area (Å²) in [7, 11) is 0. The topological polar surface area (TPSA) is 49.3 Å². The van der Waals surface area contributed by atoms with Gasteiger partial charge in [-0.05, 0) is 62.9 Å². The predicted molar refractivity (Wildman–Crippen MR) is 67.8 cm³/mol. The van der Waals surface area contributed by atoms with E-state index >= 15 is 0 Å². The molecule has 2 fully saturated rings. The minimum absolute atomic E-state index is 0.0620. The standard InChI is InChI=1S/C14H25NO2/c1-2-10-9-15-8-7-13(10)11-3-5-12(6-4-11)14(16)17/h10-13,15H,2-9H2,1H3,(H,16,17). The number of aliphatic carboxylic acids is 1. The zero-order valence-corrected chi connectivity index (χ0v) is 10.8. The minimum atomic E-state index is -0.583. The third-order valence-electron chi connectivity index (χ3n) is 4.92. The average Bonchev–Trinajstić information content (AvgIpc) is 2.39. The molecule has 0 radical (unpaired) electrons. The van der Waals surface area contributed by atoms with E-state index in [1.54, 1.807) is 0 Å². The summed E-state index contributed by atoms with van der Waals surface area (Å²) in [4.78, 5) is 10.9. The van der Waals surface area contributed by atoms with Gasteiger partial charge < -0.3 is 10.4 Å². The van der Waals surface area contributed by atoms with Crippen molar-refractivity contribution in [3.63, 3.8) is 0 Å². The van der Waals surface area contributed by atoms with E-state index in [2.05, 4.69) is 12.2 Å². The Labute approximate surface area is 104 Å². The second-order valence-electron chi connectivity index (χ2n) is 5.77. The summed E-state index contributed by atoms with van der Waals surface area (Å²) in [6, 6.07) is 0. The van der Waals surface area contributed by atoms with Crippen LogP contribution in [0, 0.1) is 23.7 Å². The third kappa shape index (κ3) is 3.01. The molecule has 1 saturated heterocycles. The summed E-state index contributed by atoms with van der Waals surface area (Å²) < 4.78 is 0. The molecule has 3 heteroatoms. The molecule has 0 aromatic carbocycles. The molecule has 1 heterocycles. The van der Waals surface area contributed by atoms with E-state index in [1.165, 1.54) is 19.4 Å². The Hall–Kier alpha value is -0.570. The molecule has 2 rings (SSSR count). The number of nitrogens with one attached hydrogen (secondary N) is 1. The van der Waals surface area contributed by atoms with Crippen molar-refractivity contribution in [3.8, 4) is 0 Å². The molecule has 2 aliphatic rings. The molecule has 3 nitrogen and oxygen atoms in total. The van der Waals surface area contributed by atoms with Gasteiger partial charge in [-0.3, -0.25) is 4.79 Å². The van der Waals surface area contributed by atoms with E-state index in [9.17, 15) is 4.79 Å². The van der Waals surface area contributed by atoms with Crippen molar-refractivity contribution in [1.29, 1.82) is 0 Å². The molecule has 0 amide bonds. The molecule has 1 aliphatic carbocycles. The number of carboxylic acids is 1. The second-order valence-corrected chi connectivity index (χ2v) is 5.77. The van der Waals surface area contributed by atoms with Crippen molar-refractivity contribution in [3.05, 3.63) is 0 Å². The molecule has 0 aromatic heterocycles. The Morgan fingerprint density at radius 3 is 2.53 bits per heavy atom. The van der Waals surface area contributed by atoms with Gasteiger partial charge in [-0.1, -0.05) is 13.3 Å². The monoisotopic (exact) mass is 239 g/mol. The maximum absolute atomic E-state index is 10.9. The van der Waals surface area contributed by atoms with Gasteiger partial charge >= 0.3 is 5.97 Å². The van der Waals surface area contributed by atoms with Crippen LogP contribution < -0.4 is 5.32 Å².